The summed E-state index contributed by atoms with van der Waals surface area (Å²) < 4.78 is 0. The van der Waals surface area contributed by atoms with Crippen molar-refractivity contribution >= 4 is 5.91 Å². The molecule has 0 spiro atoms. The van der Waals surface area contributed by atoms with E-state index in [4.69, 9.17) is 5.73 Å². The summed E-state index contributed by atoms with van der Waals surface area (Å²) in [5.41, 5.74) is 4.95. The van der Waals surface area contributed by atoms with Crippen LogP contribution < -0.4 is 16.4 Å². The first-order valence-electron chi connectivity index (χ1n) is 4.92. The molecule has 4 nitrogen and oxygen atoms in total. The highest BCUT2D eigenvalue weighted by Gasteiger charge is 2.33. The fraction of sp³-hybridized carbons (Fsp3) is 0.889. The summed E-state index contributed by atoms with van der Waals surface area (Å²) in [6.07, 6.45) is 3.21. The second-order valence-corrected chi connectivity index (χ2v) is 3.76. The van der Waals surface area contributed by atoms with Crippen LogP contribution in [0.25, 0.3) is 0 Å². The molecule has 1 fully saturated rings. The molecule has 0 bridgehead atoms. The number of hydrogen-bond donors (Lipinski definition) is 3. The van der Waals surface area contributed by atoms with Crippen LogP contribution in [0.3, 0.4) is 0 Å². The summed E-state index contributed by atoms with van der Waals surface area (Å²) in [4.78, 5) is 11.6. The van der Waals surface area contributed by atoms with Crippen molar-refractivity contribution in [3.63, 3.8) is 0 Å². The van der Waals surface area contributed by atoms with Gasteiger partial charge in [0, 0.05) is 13.1 Å². The fourth-order valence-electron chi connectivity index (χ4n) is 1.63. The SMILES string of the molecule is CC1(C(=O)NCCN)CCCCN1. The van der Waals surface area contributed by atoms with E-state index in [9.17, 15) is 4.79 Å². The summed E-state index contributed by atoms with van der Waals surface area (Å²) in [6.45, 7) is 3.96. The molecule has 13 heavy (non-hydrogen) atoms. The van der Waals surface area contributed by atoms with Crippen LogP contribution in [-0.2, 0) is 4.79 Å². The molecule has 1 aliphatic rings. The number of carbonyl (C=O) groups is 1. The maximum atomic E-state index is 11.6. The average Bonchev–Trinajstić information content (AvgIpc) is 2.15. The van der Waals surface area contributed by atoms with E-state index < -0.39 is 0 Å². The minimum atomic E-state index is -0.368. The number of rotatable bonds is 3. The van der Waals surface area contributed by atoms with Gasteiger partial charge in [0.15, 0.2) is 0 Å². The second kappa shape index (κ2) is 4.58. The molecule has 1 saturated heterocycles. The standard InChI is InChI=1S/C9H19N3O/c1-9(4-2-3-6-12-9)8(13)11-7-5-10/h12H,2-7,10H2,1H3,(H,11,13). The van der Waals surface area contributed by atoms with Gasteiger partial charge in [-0.2, -0.15) is 0 Å². The molecule has 1 heterocycles. The maximum Gasteiger partial charge on any atom is 0.240 e. The second-order valence-electron chi connectivity index (χ2n) is 3.76. The van der Waals surface area contributed by atoms with E-state index in [1.807, 2.05) is 6.92 Å². The molecule has 1 rings (SSSR count). The first-order valence-corrected chi connectivity index (χ1v) is 4.92. The lowest BCUT2D eigenvalue weighted by Gasteiger charge is -2.33. The summed E-state index contributed by atoms with van der Waals surface area (Å²) >= 11 is 0. The first-order chi connectivity index (χ1) is 6.19. The van der Waals surface area contributed by atoms with E-state index in [0.717, 1.165) is 19.4 Å². The molecule has 0 radical (unpaired) electrons. The van der Waals surface area contributed by atoms with Crippen molar-refractivity contribution in [2.75, 3.05) is 19.6 Å². The van der Waals surface area contributed by atoms with E-state index in [2.05, 4.69) is 10.6 Å². The monoisotopic (exact) mass is 185 g/mol. The van der Waals surface area contributed by atoms with Crippen LogP contribution in [0, 0.1) is 0 Å². The average molecular weight is 185 g/mol. The molecule has 1 atom stereocenters. The molecule has 4 N–H and O–H groups in total. The molecular formula is C9H19N3O. The molecule has 0 aromatic carbocycles. The quantitative estimate of drug-likeness (QED) is 0.560. The number of piperidine rings is 1. The summed E-state index contributed by atoms with van der Waals surface area (Å²) in [7, 11) is 0. The van der Waals surface area contributed by atoms with Gasteiger partial charge < -0.3 is 16.4 Å². The molecule has 0 aliphatic carbocycles. The Hall–Kier alpha value is -0.610. The smallest absolute Gasteiger partial charge is 0.240 e. The highest BCUT2D eigenvalue weighted by atomic mass is 16.2. The zero-order valence-corrected chi connectivity index (χ0v) is 8.23. The largest absolute Gasteiger partial charge is 0.353 e. The van der Waals surface area contributed by atoms with E-state index in [1.54, 1.807) is 0 Å². The number of amides is 1. The Labute approximate surface area is 79.3 Å². The van der Waals surface area contributed by atoms with Gasteiger partial charge >= 0.3 is 0 Å². The number of hydrogen-bond acceptors (Lipinski definition) is 3. The van der Waals surface area contributed by atoms with E-state index in [-0.39, 0.29) is 11.4 Å². The van der Waals surface area contributed by atoms with Gasteiger partial charge in [-0.15, -0.1) is 0 Å². The van der Waals surface area contributed by atoms with Crippen molar-refractivity contribution in [3.8, 4) is 0 Å². The van der Waals surface area contributed by atoms with E-state index >= 15 is 0 Å². The predicted octanol–water partition coefficient (Wildman–Crippen LogP) is -0.406. The molecule has 0 aromatic heterocycles. The lowest BCUT2D eigenvalue weighted by atomic mass is 9.90. The number of nitrogens with two attached hydrogens (primary N) is 1. The Balaban J connectivity index is 2.42. The molecule has 0 saturated carbocycles. The molecule has 4 heteroatoms. The zero-order chi connectivity index (χ0) is 9.73. The molecule has 76 valence electrons. The van der Waals surface area contributed by atoms with Gasteiger partial charge in [-0.25, -0.2) is 0 Å². The van der Waals surface area contributed by atoms with Crippen LogP contribution in [0.2, 0.25) is 0 Å². The molecule has 1 unspecified atom stereocenters. The van der Waals surface area contributed by atoms with Crippen molar-refractivity contribution < 1.29 is 4.79 Å². The number of carbonyl (C=O) groups excluding carboxylic acids is 1. The van der Waals surface area contributed by atoms with Crippen LogP contribution in [0.5, 0.6) is 0 Å². The third kappa shape index (κ3) is 2.67. The van der Waals surface area contributed by atoms with Gasteiger partial charge in [-0.3, -0.25) is 4.79 Å². The predicted molar refractivity (Wildman–Crippen MR) is 52.3 cm³/mol. The Kier molecular flexibility index (Phi) is 3.69. The lowest BCUT2D eigenvalue weighted by molar-refractivity contribution is -0.127. The Morgan fingerprint density at radius 3 is 2.92 bits per heavy atom. The molecular weight excluding hydrogens is 166 g/mol. The van der Waals surface area contributed by atoms with Gasteiger partial charge in [0.25, 0.3) is 0 Å². The van der Waals surface area contributed by atoms with Crippen molar-refractivity contribution in [1.29, 1.82) is 0 Å². The third-order valence-electron chi connectivity index (χ3n) is 2.55. The van der Waals surface area contributed by atoms with Crippen LogP contribution in [-0.4, -0.2) is 31.1 Å². The van der Waals surface area contributed by atoms with Crippen LogP contribution in [0.4, 0.5) is 0 Å². The molecule has 1 amide bonds. The third-order valence-corrected chi connectivity index (χ3v) is 2.55. The van der Waals surface area contributed by atoms with Crippen molar-refractivity contribution in [3.05, 3.63) is 0 Å². The topological polar surface area (TPSA) is 67.2 Å². The first kappa shape index (κ1) is 10.5. The van der Waals surface area contributed by atoms with Crippen LogP contribution in [0.15, 0.2) is 0 Å². The van der Waals surface area contributed by atoms with Crippen LogP contribution in [0.1, 0.15) is 26.2 Å². The van der Waals surface area contributed by atoms with Crippen molar-refractivity contribution in [2.45, 2.75) is 31.7 Å². The summed E-state index contributed by atoms with van der Waals surface area (Å²) in [5.74, 6) is 0.0812. The zero-order valence-electron chi connectivity index (χ0n) is 8.23. The molecule has 1 aliphatic heterocycles. The van der Waals surface area contributed by atoms with Crippen molar-refractivity contribution in [1.82, 2.24) is 10.6 Å². The van der Waals surface area contributed by atoms with Gasteiger partial charge in [0.1, 0.15) is 0 Å². The fourth-order valence-corrected chi connectivity index (χ4v) is 1.63. The minimum Gasteiger partial charge on any atom is -0.353 e. The Morgan fingerprint density at radius 2 is 2.38 bits per heavy atom. The normalized spacial score (nSPS) is 28.5. The van der Waals surface area contributed by atoms with Gasteiger partial charge in [-0.05, 0) is 32.7 Å². The summed E-state index contributed by atoms with van der Waals surface area (Å²) in [6, 6.07) is 0. The van der Waals surface area contributed by atoms with Gasteiger partial charge in [0.2, 0.25) is 5.91 Å². The highest BCUT2D eigenvalue weighted by Crippen LogP contribution is 2.18. The number of nitrogens with one attached hydrogen (secondary N) is 2. The minimum absolute atomic E-state index is 0.0812. The van der Waals surface area contributed by atoms with E-state index in [1.165, 1.54) is 6.42 Å². The maximum absolute atomic E-state index is 11.6. The van der Waals surface area contributed by atoms with Crippen molar-refractivity contribution in [2.24, 2.45) is 5.73 Å². The van der Waals surface area contributed by atoms with Gasteiger partial charge in [-0.1, -0.05) is 0 Å². The lowest BCUT2D eigenvalue weighted by Crippen LogP contribution is -2.57. The Bertz CT molecular complexity index is 176. The summed E-state index contributed by atoms with van der Waals surface area (Å²) in [5, 5.41) is 6.07. The van der Waals surface area contributed by atoms with E-state index in [0.29, 0.717) is 13.1 Å². The molecule has 0 aromatic rings. The van der Waals surface area contributed by atoms with Gasteiger partial charge in [0.05, 0.1) is 5.54 Å². The highest BCUT2D eigenvalue weighted by molar-refractivity contribution is 5.85. The van der Waals surface area contributed by atoms with Crippen LogP contribution >= 0.6 is 0 Å². The Morgan fingerprint density at radius 1 is 1.62 bits per heavy atom.